The van der Waals surface area contributed by atoms with Crippen molar-refractivity contribution in [2.24, 2.45) is 0 Å². The van der Waals surface area contributed by atoms with Crippen LogP contribution in [0, 0.1) is 0 Å². The van der Waals surface area contributed by atoms with Crippen LogP contribution >= 0.6 is 0 Å². The van der Waals surface area contributed by atoms with Crippen LogP contribution in [0.3, 0.4) is 0 Å². The molecule has 0 bridgehead atoms. The van der Waals surface area contributed by atoms with Gasteiger partial charge in [-0.25, -0.2) is 0 Å². The number of aliphatic hydroxyl groups excluding tert-OH is 1. The molecule has 0 radical (unpaired) electrons. The van der Waals surface area contributed by atoms with Gasteiger partial charge >= 0.3 is 0 Å². The zero-order valence-corrected chi connectivity index (χ0v) is 17.1. The molecule has 154 valence electrons. The van der Waals surface area contributed by atoms with Gasteiger partial charge in [-0.2, -0.15) is 0 Å². The predicted octanol–water partition coefficient (Wildman–Crippen LogP) is 4.33. The maximum atomic E-state index is 12.9. The van der Waals surface area contributed by atoms with E-state index in [9.17, 15) is 9.90 Å². The van der Waals surface area contributed by atoms with Crippen LogP contribution in [-0.2, 0) is 0 Å². The number of hydrogen-bond acceptors (Lipinski definition) is 4. The first-order valence-corrected chi connectivity index (χ1v) is 9.93. The first-order chi connectivity index (χ1) is 14.6. The smallest absolute Gasteiger partial charge is 0.251 e. The molecule has 2 N–H and O–H groups in total. The van der Waals surface area contributed by atoms with Crippen molar-refractivity contribution >= 4 is 16.7 Å². The number of benzene rings is 3. The molecule has 0 spiro atoms. The minimum absolute atomic E-state index is 0.0842. The number of carbonyl (C=O) groups excluding carboxylic acids is 1. The van der Waals surface area contributed by atoms with Gasteiger partial charge in [0.25, 0.3) is 5.91 Å². The molecular weight excluding hydrogens is 378 g/mol. The molecule has 0 fully saturated rings. The van der Waals surface area contributed by atoms with E-state index >= 15 is 0 Å². The predicted molar refractivity (Wildman–Crippen MR) is 118 cm³/mol. The fourth-order valence-electron chi connectivity index (χ4n) is 4.04. The Labute approximate surface area is 175 Å². The van der Waals surface area contributed by atoms with Crippen LogP contribution in [0.2, 0.25) is 0 Å². The maximum absolute atomic E-state index is 12.9. The summed E-state index contributed by atoms with van der Waals surface area (Å²) in [4.78, 5) is 12.9. The Morgan fingerprint density at radius 3 is 2.43 bits per heavy atom. The van der Waals surface area contributed by atoms with Gasteiger partial charge in [-0.3, -0.25) is 4.79 Å². The van der Waals surface area contributed by atoms with Crippen molar-refractivity contribution in [3.63, 3.8) is 0 Å². The van der Waals surface area contributed by atoms with Crippen molar-refractivity contribution in [2.75, 3.05) is 20.8 Å². The molecule has 3 aromatic rings. The minimum atomic E-state index is -0.595. The third-order valence-corrected chi connectivity index (χ3v) is 5.70. The molecule has 0 saturated heterocycles. The number of fused-ring (bicyclic) bond motifs is 1. The maximum Gasteiger partial charge on any atom is 0.251 e. The topological polar surface area (TPSA) is 67.8 Å². The van der Waals surface area contributed by atoms with E-state index in [2.05, 4.69) is 5.32 Å². The Bertz CT molecular complexity index is 1110. The summed E-state index contributed by atoms with van der Waals surface area (Å²) >= 11 is 0. The third kappa shape index (κ3) is 3.53. The Balaban J connectivity index is 1.72. The summed E-state index contributed by atoms with van der Waals surface area (Å²) in [5, 5.41) is 14.7. The number of rotatable bonds is 6. The summed E-state index contributed by atoms with van der Waals surface area (Å²) in [5.41, 5.74) is 1.90. The molecule has 5 nitrogen and oxygen atoms in total. The molecule has 4 rings (SSSR count). The van der Waals surface area contributed by atoms with E-state index in [1.54, 1.807) is 14.2 Å². The highest BCUT2D eigenvalue weighted by atomic mass is 16.5. The molecule has 0 heterocycles. The molecule has 0 aromatic heterocycles. The molecule has 5 heteroatoms. The summed E-state index contributed by atoms with van der Waals surface area (Å²) in [6.45, 7) is -0.0842. The standard InChI is InChI=1S/C25H25NO4/c1-29-22-10-6-9-21(23(22)30-2)20-8-5-7-17-15-18(11-12-19(17)20)24(28)26-25(16-27)13-3-4-14-25/h3-12,15,27H,13-14,16H2,1-2H3,(H,26,28). The van der Waals surface area contributed by atoms with Gasteiger partial charge in [-0.1, -0.05) is 48.6 Å². The summed E-state index contributed by atoms with van der Waals surface area (Å²) < 4.78 is 11.1. The zero-order chi connectivity index (χ0) is 21.1. The SMILES string of the molecule is COc1cccc(-c2cccc3cc(C(=O)NC4(CO)CC=CC4)ccc23)c1OC. The zero-order valence-electron chi connectivity index (χ0n) is 17.1. The van der Waals surface area contributed by atoms with E-state index in [-0.39, 0.29) is 12.5 Å². The fourth-order valence-corrected chi connectivity index (χ4v) is 4.04. The van der Waals surface area contributed by atoms with E-state index in [0.29, 0.717) is 29.9 Å². The lowest BCUT2D eigenvalue weighted by Gasteiger charge is -2.28. The lowest BCUT2D eigenvalue weighted by atomic mass is 9.94. The Kier molecular flexibility index (Phi) is 5.46. The molecule has 0 atom stereocenters. The number of ether oxygens (including phenoxy) is 2. The van der Waals surface area contributed by atoms with Crippen LogP contribution in [-0.4, -0.2) is 37.4 Å². The highest BCUT2D eigenvalue weighted by Crippen LogP contribution is 2.40. The second kappa shape index (κ2) is 8.20. The van der Waals surface area contributed by atoms with Crippen molar-refractivity contribution < 1.29 is 19.4 Å². The summed E-state index contributed by atoms with van der Waals surface area (Å²) in [7, 11) is 3.25. The monoisotopic (exact) mass is 403 g/mol. The highest BCUT2D eigenvalue weighted by Gasteiger charge is 2.32. The number of para-hydroxylation sites is 1. The molecule has 30 heavy (non-hydrogen) atoms. The molecular formula is C25H25NO4. The van der Waals surface area contributed by atoms with Gasteiger partial charge in [0.1, 0.15) is 0 Å². The van der Waals surface area contributed by atoms with Crippen molar-refractivity contribution in [1.29, 1.82) is 0 Å². The summed E-state index contributed by atoms with van der Waals surface area (Å²) in [6.07, 6.45) is 5.26. The normalized spacial score (nSPS) is 14.6. The number of nitrogens with one attached hydrogen (secondary N) is 1. The van der Waals surface area contributed by atoms with E-state index < -0.39 is 5.54 Å². The Morgan fingerprint density at radius 1 is 1.00 bits per heavy atom. The van der Waals surface area contributed by atoms with Crippen LogP contribution in [0.4, 0.5) is 0 Å². The molecule has 1 aliphatic rings. The quantitative estimate of drug-likeness (QED) is 0.601. The number of carbonyl (C=O) groups is 1. The average molecular weight is 403 g/mol. The molecule has 3 aromatic carbocycles. The summed E-state index contributed by atoms with van der Waals surface area (Å²) in [6, 6.07) is 17.4. The molecule has 0 saturated carbocycles. The number of hydrogen-bond donors (Lipinski definition) is 2. The van der Waals surface area contributed by atoms with Crippen molar-refractivity contribution in [3.8, 4) is 22.6 Å². The van der Waals surface area contributed by atoms with Crippen LogP contribution in [0.5, 0.6) is 11.5 Å². The van der Waals surface area contributed by atoms with E-state index in [1.807, 2.05) is 66.7 Å². The van der Waals surface area contributed by atoms with Crippen LogP contribution in [0.25, 0.3) is 21.9 Å². The van der Waals surface area contributed by atoms with Crippen molar-refractivity contribution in [3.05, 3.63) is 72.3 Å². The van der Waals surface area contributed by atoms with Gasteiger partial charge in [0.2, 0.25) is 0 Å². The van der Waals surface area contributed by atoms with E-state index in [4.69, 9.17) is 9.47 Å². The molecule has 0 unspecified atom stereocenters. The van der Waals surface area contributed by atoms with Gasteiger partial charge in [0.05, 0.1) is 26.4 Å². The lowest BCUT2D eigenvalue weighted by molar-refractivity contribution is 0.0845. The second-order valence-corrected chi connectivity index (χ2v) is 7.55. The van der Waals surface area contributed by atoms with Crippen LogP contribution in [0.15, 0.2) is 66.7 Å². The van der Waals surface area contributed by atoms with Crippen molar-refractivity contribution in [1.82, 2.24) is 5.32 Å². The number of aliphatic hydroxyl groups is 1. The van der Waals surface area contributed by atoms with Crippen LogP contribution < -0.4 is 14.8 Å². The minimum Gasteiger partial charge on any atom is -0.493 e. The molecule has 0 aliphatic heterocycles. The fraction of sp³-hybridized carbons (Fsp3) is 0.240. The second-order valence-electron chi connectivity index (χ2n) is 7.55. The van der Waals surface area contributed by atoms with Gasteiger partial charge in [0, 0.05) is 11.1 Å². The van der Waals surface area contributed by atoms with Gasteiger partial charge in [-0.05, 0) is 47.4 Å². The van der Waals surface area contributed by atoms with Gasteiger partial charge < -0.3 is 19.9 Å². The van der Waals surface area contributed by atoms with Crippen molar-refractivity contribution in [2.45, 2.75) is 18.4 Å². The number of methoxy groups -OCH3 is 2. The third-order valence-electron chi connectivity index (χ3n) is 5.70. The van der Waals surface area contributed by atoms with E-state index in [1.165, 1.54) is 0 Å². The van der Waals surface area contributed by atoms with E-state index in [0.717, 1.165) is 21.9 Å². The molecule has 1 aliphatic carbocycles. The van der Waals surface area contributed by atoms with Gasteiger partial charge in [0.15, 0.2) is 11.5 Å². The summed E-state index contributed by atoms with van der Waals surface area (Å²) in [5.74, 6) is 1.16. The Hall–Kier alpha value is -3.31. The lowest BCUT2D eigenvalue weighted by Crippen LogP contribution is -2.49. The first kappa shape index (κ1) is 20.0. The highest BCUT2D eigenvalue weighted by molar-refractivity contribution is 6.03. The average Bonchev–Trinajstić information content (AvgIpc) is 3.26. The largest absolute Gasteiger partial charge is 0.493 e. The Morgan fingerprint density at radius 2 is 1.73 bits per heavy atom. The molecule has 1 amide bonds. The number of amides is 1. The van der Waals surface area contributed by atoms with Crippen LogP contribution in [0.1, 0.15) is 23.2 Å². The first-order valence-electron chi connectivity index (χ1n) is 9.93. The van der Waals surface area contributed by atoms with Gasteiger partial charge in [-0.15, -0.1) is 0 Å².